The van der Waals surface area contributed by atoms with Crippen molar-refractivity contribution in [2.45, 2.75) is 0 Å². The van der Waals surface area contributed by atoms with Crippen LogP contribution in [-0.2, 0) is 0 Å². The molecule has 2 N–H and O–H groups in total. The van der Waals surface area contributed by atoms with Crippen molar-refractivity contribution in [3.63, 3.8) is 0 Å². The summed E-state index contributed by atoms with van der Waals surface area (Å²) in [5.74, 6) is -1.09. The van der Waals surface area contributed by atoms with E-state index in [0.29, 0.717) is 10.9 Å². The number of aromatic carboxylic acids is 1. The zero-order chi connectivity index (χ0) is 9.42. The zero-order valence-electron chi connectivity index (χ0n) is 6.28. The first-order valence-electron chi connectivity index (χ1n) is 3.41. The molecule has 0 bridgehead atoms. The molecular weight excluding hydrogens is 194 g/mol. The van der Waals surface area contributed by atoms with Crippen LogP contribution in [0.1, 0.15) is 10.5 Å². The molecule has 2 rings (SSSR count). The Labute approximate surface area is 77.4 Å². The smallest absolute Gasteiger partial charge is 0.357 e. The van der Waals surface area contributed by atoms with Crippen LogP contribution < -0.4 is 0 Å². The van der Waals surface area contributed by atoms with Gasteiger partial charge in [0.15, 0.2) is 5.69 Å². The summed E-state index contributed by atoms with van der Waals surface area (Å²) in [6.07, 6.45) is 1.44. The Hall–Kier alpha value is -1.62. The molecule has 66 valence electrons. The number of nitrogens with one attached hydrogen (secondary N) is 1. The lowest BCUT2D eigenvalue weighted by Gasteiger charge is -1.90. The van der Waals surface area contributed by atoms with E-state index in [1.54, 1.807) is 0 Å². The fraction of sp³-hybridized carbons (Fsp3) is 0. The van der Waals surface area contributed by atoms with Gasteiger partial charge < -0.3 is 5.11 Å². The molecular formula is C7H4ClN3O2. The molecule has 0 aromatic carbocycles. The molecule has 0 atom stereocenters. The van der Waals surface area contributed by atoms with Gasteiger partial charge >= 0.3 is 5.97 Å². The number of halogens is 1. The Morgan fingerprint density at radius 2 is 2.38 bits per heavy atom. The fourth-order valence-corrected chi connectivity index (χ4v) is 1.21. The van der Waals surface area contributed by atoms with E-state index in [2.05, 4.69) is 15.2 Å². The Morgan fingerprint density at radius 1 is 1.62 bits per heavy atom. The molecule has 0 aliphatic heterocycles. The molecule has 0 fully saturated rings. The van der Waals surface area contributed by atoms with Crippen molar-refractivity contribution >= 4 is 28.5 Å². The highest BCUT2D eigenvalue weighted by molar-refractivity contribution is 6.30. The molecule has 5 nitrogen and oxygen atoms in total. The summed E-state index contributed by atoms with van der Waals surface area (Å²) in [6, 6.07) is 1.46. The Kier molecular flexibility index (Phi) is 1.66. The molecule has 13 heavy (non-hydrogen) atoms. The normalized spacial score (nSPS) is 10.5. The average Bonchev–Trinajstić information content (AvgIpc) is 2.46. The Morgan fingerprint density at radius 3 is 3.08 bits per heavy atom. The minimum absolute atomic E-state index is 0.0423. The molecule has 0 radical (unpaired) electrons. The van der Waals surface area contributed by atoms with Crippen molar-refractivity contribution in [2.75, 3.05) is 0 Å². The van der Waals surface area contributed by atoms with Gasteiger partial charge in [-0.1, -0.05) is 11.6 Å². The standard InChI is InChI=1S/C7H4ClN3O2/c8-5-1-3-4(2-9-5)10-11-6(3)7(12)13/h1-2H,(H,10,11)(H,12,13). The van der Waals surface area contributed by atoms with Crippen LogP contribution in [0, 0.1) is 0 Å². The van der Waals surface area contributed by atoms with Gasteiger partial charge in [-0.05, 0) is 6.07 Å². The lowest BCUT2D eigenvalue weighted by Crippen LogP contribution is -1.96. The first-order chi connectivity index (χ1) is 6.18. The number of rotatable bonds is 1. The van der Waals surface area contributed by atoms with E-state index >= 15 is 0 Å². The monoisotopic (exact) mass is 197 g/mol. The predicted molar refractivity (Wildman–Crippen MR) is 45.9 cm³/mol. The summed E-state index contributed by atoms with van der Waals surface area (Å²) in [6.45, 7) is 0. The number of hydrogen-bond donors (Lipinski definition) is 2. The number of fused-ring (bicyclic) bond motifs is 1. The van der Waals surface area contributed by atoms with Crippen LogP contribution in [0.2, 0.25) is 5.15 Å². The van der Waals surface area contributed by atoms with E-state index in [9.17, 15) is 4.79 Å². The second-order valence-corrected chi connectivity index (χ2v) is 2.82. The Bertz CT molecular complexity index is 480. The van der Waals surface area contributed by atoms with Gasteiger partial charge in [-0.3, -0.25) is 5.10 Å². The number of pyridine rings is 1. The number of carboxylic acid groups (broad SMARTS) is 1. The van der Waals surface area contributed by atoms with Crippen LogP contribution in [0.5, 0.6) is 0 Å². The summed E-state index contributed by atoms with van der Waals surface area (Å²) < 4.78 is 0. The summed E-state index contributed by atoms with van der Waals surface area (Å²) in [4.78, 5) is 14.4. The predicted octanol–water partition coefficient (Wildman–Crippen LogP) is 1.31. The molecule has 0 spiro atoms. The van der Waals surface area contributed by atoms with Crippen molar-refractivity contribution < 1.29 is 9.90 Å². The summed E-state index contributed by atoms with van der Waals surface area (Å²) in [5, 5.41) is 15.6. The van der Waals surface area contributed by atoms with Gasteiger partial charge in [0, 0.05) is 5.39 Å². The molecule has 2 heterocycles. The second-order valence-electron chi connectivity index (χ2n) is 2.43. The largest absolute Gasteiger partial charge is 0.476 e. The van der Waals surface area contributed by atoms with Gasteiger partial charge in [0.25, 0.3) is 0 Å². The van der Waals surface area contributed by atoms with Crippen LogP contribution in [0.15, 0.2) is 12.3 Å². The van der Waals surface area contributed by atoms with Crippen molar-refractivity contribution in [2.24, 2.45) is 0 Å². The maximum atomic E-state index is 10.6. The number of H-pyrrole nitrogens is 1. The van der Waals surface area contributed by atoms with Gasteiger partial charge in [-0.15, -0.1) is 0 Å². The number of carboxylic acids is 1. The van der Waals surface area contributed by atoms with Crippen LogP contribution in [0.25, 0.3) is 10.9 Å². The van der Waals surface area contributed by atoms with Crippen molar-refractivity contribution in [3.8, 4) is 0 Å². The zero-order valence-corrected chi connectivity index (χ0v) is 7.04. The van der Waals surface area contributed by atoms with Crippen molar-refractivity contribution in [1.82, 2.24) is 15.2 Å². The lowest BCUT2D eigenvalue weighted by molar-refractivity contribution is 0.0692. The SMILES string of the molecule is O=C(O)c1n[nH]c2cnc(Cl)cc12. The van der Waals surface area contributed by atoms with Crippen LogP contribution in [-0.4, -0.2) is 26.3 Å². The van der Waals surface area contributed by atoms with E-state index in [1.165, 1.54) is 12.3 Å². The van der Waals surface area contributed by atoms with Gasteiger partial charge in [-0.25, -0.2) is 9.78 Å². The van der Waals surface area contributed by atoms with Gasteiger partial charge in [0.05, 0.1) is 11.7 Å². The third kappa shape index (κ3) is 1.23. The third-order valence-electron chi connectivity index (χ3n) is 1.62. The molecule has 0 unspecified atom stereocenters. The molecule has 0 saturated heterocycles. The van der Waals surface area contributed by atoms with E-state index in [0.717, 1.165) is 0 Å². The number of nitrogens with zero attached hydrogens (tertiary/aromatic N) is 2. The van der Waals surface area contributed by atoms with E-state index < -0.39 is 5.97 Å². The molecule has 2 aromatic heterocycles. The number of carbonyl (C=O) groups is 1. The summed E-state index contributed by atoms with van der Waals surface area (Å²) in [5.41, 5.74) is 0.515. The fourth-order valence-electron chi connectivity index (χ4n) is 1.05. The topological polar surface area (TPSA) is 78.9 Å². The third-order valence-corrected chi connectivity index (χ3v) is 1.82. The first kappa shape index (κ1) is 8.00. The highest BCUT2D eigenvalue weighted by atomic mass is 35.5. The van der Waals surface area contributed by atoms with Crippen LogP contribution in [0.4, 0.5) is 0 Å². The lowest BCUT2D eigenvalue weighted by atomic mass is 10.2. The molecule has 0 aliphatic carbocycles. The highest BCUT2D eigenvalue weighted by Crippen LogP contribution is 2.17. The second kappa shape index (κ2) is 2.70. The molecule has 0 saturated carbocycles. The van der Waals surface area contributed by atoms with E-state index in [-0.39, 0.29) is 10.8 Å². The maximum absolute atomic E-state index is 10.6. The molecule has 2 aromatic rings. The van der Waals surface area contributed by atoms with Crippen LogP contribution in [0.3, 0.4) is 0 Å². The highest BCUT2D eigenvalue weighted by Gasteiger charge is 2.12. The van der Waals surface area contributed by atoms with E-state index in [1.807, 2.05) is 0 Å². The quantitative estimate of drug-likeness (QED) is 0.676. The molecule has 6 heteroatoms. The van der Waals surface area contributed by atoms with Crippen molar-refractivity contribution in [3.05, 3.63) is 23.1 Å². The summed E-state index contributed by atoms with van der Waals surface area (Å²) in [7, 11) is 0. The first-order valence-corrected chi connectivity index (χ1v) is 3.79. The minimum atomic E-state index is -1.09. The minimum Gasteiger partial charge on any atom is -0.476 e. The van der Waals surface area contributed by atoms with E-state index in [4.69, 9.17) is 16.7 Å². The maximum Gasteiger partial charge on any atom is 0.357 e. The average molecular weight is 198 g/mol. The van der Waals surface area contributed by atoms with Gasteiger partial charge in [-0.2, -0.15) is 5.10 Å². The Balaban J connectivity index is 2.79. The molecule has 0 amide bonds. The van der Waals surface area contributed by atoms with Gasteiger partial charge in [0.1, 0.15) is 5.15 Å². The summed E-state index contributed by atoms with van der Waals surface area (Å²) >= 11 is 5.61. The number of hydrogen-bond acceptors (Lipinski definition) is 3. The number of aromatic nitrogens is 3. The van der Waals surface area contributed by atoms with Gasteiger partial charge in [0.2, 0.25) is 0 Å². The van der Waals surface area contributed by atoms with Crippen molar-refractivity contribution in [1.29, 1.82) is 0 Å². The van der Waals surface area contributed by atoms with Crippen LogP contribution >= 0.6 is 11.6 Å². The molecule has 0 aliphatic rings. The number of aromatic amines is 1.